The number of nitrogens with two attached hydrogens (primary N) is 1. The summed E-state index contributed by atoms with van der Waals surface area (Å²) in [5.74, 6) is -1.69. The van der Waals surface area contributed by atoms with Gasteiger partial charge in [0.05, 0.1) is 6.04 Å². The Labute approximate surface area is 152 Å². The van der Waals surface area contributed by atoms with E-state index in [9.17, 15) is 14.7 Å². The maximum atomic E-state index is 12.5. The highest BCUT2D eigenvalue weighted by atomic mass is 16.6. The van der Waals surface area contributed by atoms with Gasteiger partial charge in [-0.25, -0.2) is 4.79 Å². The number of cyclic esters (lactones) is 1. The predicted molar refractivity (Wildman–Crippen MR) is 97.4 cm³/mol. The lowest BCUT2D eigenvalue weighted by molar-refractivity contribution is -0.141. The summed E-state index contributed by atoms with van der Waals surface area (Å²) in [6.45, 7) is 0. The fourth-order valence-corrected chi connectivity index (χ4v) is 3.02. The molecule has 0 aromatic heterocycles. The van der Waals surface area contributed by atoms with Crippen molar-refractivity contribution in [3.05, 3.63) is 83.1 Å². The number of benzene rings is 2. The minimum absolute atomic E-state index is 0.290. The molecule has 0 spiro atoms. The number of carbonyl (C=O) groups is 2. The van der Waals surface area contributed by atoms with Gasteiger partial charge in [0.25, 0.3) is 0 Å². The summed E-state index contributed by atoms with van der Waals surface area (Å²) < 4.78 is 5.19. The third kappa shape index (κ3) is 4.00. The van der Waals surface area contributed by atoms with Crippen LogP contribution in [0, 0.1) is 0 Å². The molecule has 0 aliphatic carbocycles. The van der Waals surface area contributed by atoms with Crippen LogP contribution in [0.2, 0.25) is 0 Å². The van der Waals surface area contributed by atoms with Gasteiger partial charge in [-0.15, -0.1) is 0 Å². The van der Waals surface area contributed by atoms with Crippen LogP contribution in [0.3, 0.4) is 0 Å². The molecule has 3 rings (SSSR count). The third-order valence-corrected chi connectivity index (χ3v) is 4.43. The van der Waals surface area contributed by atoms with Crippen LogP contribution >= 0.6 is 0 Å². The van der Waals surface area contributed by atoms with Crippen molar-refractivity contribution >= 4 is 11.8 Å². The smallest absolute Gasteiger partial charge is 0.346 e. The lowest BCUT2D eigenvalue weighted by atomic mass is 9.97. The molecule has 1 aliphatic rings. The summed E-state index contributed by atoms with van der Waals surface area (Å²) in [4.78, 5) is 24.6. The van der Waals surface area contributed by atoms with E-state index in [1.807, 2.05) is 60.7 Å². The van der Waals surface area contributed by atoms with E-state index in [4.69, 9.17) is 10.5 Å². The predicted octanol–water partition coefficient (Wildman–Crippen LogP) is 2.50. The van der Waals surface area contributed by atoms with Gasteiger partial charge in [-0.1, -0.05) is 60.7 Å². The van der Waals surface area contributed by atoms with E-state index >= 15 is 0 Å². The van der Waals surface area contributed by atoms with E-state index in [0.717, 1.165) is 11.1 Å². The van der Waals surface area contributed by atoms with Crippen LogP contribution in [-0.2, 0) is 27.2 Å². The monoisotopic (exact) mass is 351 g/mol. The molecule has 1 heterocycles. The lowest BCUT2D eigenvalue weighted by Gasteiger charge is -2.10. The van der Waals surface area contributed by atoms with Crippen molar-refractivity contribution in [3.8, 4) is 0 Å². The Bertz CT molecular complexity index is 814. The number of aliphatic hydroxyl groups excluding tert-OH is 1. The zero-order valence-corrected chi connectivity index (χ0v) is 14.3. The van der Waals surface area contributed by atoms with Gasteiger partial charge in [0, 0.05) is 0 Å². The summed E-state index contributed by atoms with van der Waals surface area (Å²) in [6, 6.07) is 18.1. The van der Waals surface area contributed by atoms with E-state index in [1.54, 1.807) is 0 Å². The van der Waals surface area contributed by atoms with E-state index in [1.165, 1.54) is 0 Å². The molecule has 5 heteroatoms. The van der Waals surface area contributed by atoms with Crippen LogP contribution in [0.25, 0.3) is 0 Å². The highest BCUT2D eigenvalue weighted by Gasteiger charge is 2.39. The van der Waals surface area contributed by atoms with Crippen LogP contribution in [0.5, 0.6) is 0 Å². The van der Waals surface area contributed by atoms with Gasteiger partial charge < -0.3 is 15.6 Å². The second kappa shape index (κ2) is 7.97. The Hall–Kier alpha value is -2.92. The van der Waals surface area contributed by atoms with Crippen molar-refractivity contribution in [2.24, 2.45) is 5.73 Å². The molecule has 0 bridgehead atoms. The standard InChI is InChI=1S/C21H21NO4/c22-16(13-15-9-5-2-6-10-15)19(23)18-20(24)17(26-21(18)25)12-11-14-7-3-1-4-8-14/h1-10,16-17,24H,11-13,22H2/t16-,17+/m1/s1. The molecule has 2 aromatic carbocycles. The summed E-state index contributed by atoms with van der Waals surface area (Å²) in [7, 11) is 0. The second-order valence-electron chi connectivity index (χ2n) is 6.34. The van der Waals surface area contributed by atoms with E-state index in [2.05, 4.69) is 0 Å². The topological polar surface area (TPSA) is 89.6 Å². The average Bonchev–Trinajstić information content (AvgIpc) is 2.94. The first-order valence-electron chi connectivity index (χ1n) is 8.58. The minimum Gasteiger partial charge on any atom is -0.507 e. The number of carbonyl (C=O) groups excluding carboxylic acids is 2. The molecule has 0 radical (unpaired) electrons. The van der Waals surface area contributed by atoms with Gasteiger partial charge in [0.1, 0.15) is 5.57 Å². The van der Waals surface area contributed by atoms with E-state index < -0.39 is 23.9 Å². The number of ether oxygens (including phenoxy) is 1. The van der Waals surface area contributed by atoms with Crippen molar-refractivity contribution in [2.45, 2.75) is 31.4 Å². The number of aryl methyl sites for hydroxylation is 1. The Kier molecular flexibility index (Phi) is 5.49. The number of ketones is 1. The number of esters is 1. The molecule has 134 valence electrons. The van der Waals surface area contributed by atoms with Crippen LogP contribution in [-0.4, -0.2) is 29.0 Å². The van der Waals surface area contributed by atoms with Crippen LogP contribution in [0.15, 0.2) is 72.0 Å². The molecular formula is C21H21NO4. The molecular weight excluding hydrogens is 330 g/mol. The largest absolute Gasteiger partial charge is 0.507 e. The Morgan fingerprint density at radius 3 is 2.23 bits per heavy atom. The molecule has 0 fully saturated rings. The normalized spacial score (nSPS) is 17.9. The van der Waals surface area contributed by atoms with Gasteiger partial charge in [-0.05, 0) is 30.4 Å². The minimum atomic E-state index is -0.907. The summed E-state index contributed by atoms with van der Waals surface area (Å²) in [5, 5.41) is 10.3. The lowest BCUT2D eigenvalue weighted by Crippen LogP contribution is -2.35. The molecule has 0 saturated carbocycles. The van der Waals surface area contributed by atoms with Gasteiger partial charge in [-0.3, -0.25) is 4.79 Å². The number of hydrogen-bond acceptors (Lipinski definition) is 5. The van der Waals surface area contributed by atoms with Gasteiger partial charge >= 0.3 is 5.97 Å². The fourth-order valence-electron chi connectivity index (χ4n) is 3.02. The van der Waals surface area contributed by atoms with E-state index in [0.29, 0.717) is 19.3 Å². The highest BCUT2D eigenvalue weighted by molar-refractivity contribution is 6.20. The summed E-state index contributed by atoms with van der Waals surface area (Å²) >= 11 is 0. The zero-order valence-electron chi connectivity index (χ0n) is 14.3. The third-order valence-electron chi connectivity index (χ3n) is 4.43. The first-order valence-corrected chi connectivity index (χ1v) is 8.58. The van der Waals surface area contributed by atoms with Crippen molar-refractivity contribution in [3.63, 3.8) is 0 Å². The molecule has 0 unspecified atom stereocenters. The molecule has 26 heavy (non-hydrogen) atoms. The molecule has 2 aromatic rings. The Balaban J connectivity index is 1.68. The summed E-state index contributed by atoms with van der Waals surface area (Å²) in [5.41, 5.74) is 7.60. The van der Waals surface area contributed by atoms with Gasteiger partial charge in [0.15, 0.2) is 17.6 Å². The maximum Gasteiger partial charge on any atom is 0.346 e. The van der Waals surface area contributed by atoms with Crippen LogP contribution in [0.1, 0.15) is 17.5 Å². The fraction of sp³-hybridized carbons (Fsp3) is 0.238. The first-order chi connectivity index (χ1) is 12.6. The Morgan fingerprint density at radius 2 is 1.62 bits per heavy atom. The molecule has 2 atom stereocenters. The molecule has 1 aliphatic heterocycles. The van der Waals surface area contributed by atoms with Crippen LogP contribution in [0.4, 0.5) is 0 Å². The molecule has 3 N–H and O–H groups in total. The number of Topliss-reactive ketones (excluding diaryl/α,β-unsaturated/α-hetero) is 1. The summed E-state index contributed by atoms with van der Waals surface area (Å²) in [6.07, 6.45) is 0.524. The van der Waals surface area contributed by atoms with Gasteiger partial charge in [-0.2, -0.15) is 0 Å². The molecule has 5 nitrogen and oxygen atoms in total. The van der Waals surface area contributed by atoms with Crippen molar-refractivity contribution in [1.82, 2.24) is 0 Å². The van der Waals surface area contributed by atoms with Crippen molar-refractivity contribution < 1.29 is 19.4 Å². The number of aliphatic hydroxyl groups is 1. The number of rotatable bonds is 7. The average molecular weight is 351 g/mol. The van der Waals surface area contributed by atoms with Crippen molar-refractivity contribution in [1.29, 1.82) is 0 Å². The number of hydrogen-bond donors (Lipinski definition) is 2. The maximum absolute atomic E-state index is 12.5. The highest BCUT2D eigenvalue weighted by Crippen LogP contribution is 2.26. The van der Waals surface area contributed by atoms with Crippen molar-refractivity contribution in [2.75, 3.05) is 0 Å². The first kappa shape index (κ1) is 17.9. The SMILES string of the molecule is N[C@H](Cc1ccccc1)C(=O)C1=C(O)[C@H](CCc2ccccc2)OC1=O. The quantitative estimate of drug-likeness (QED) is 0.591. The van der Waals surface area contributed by atoms with E-state index in [-0.39, 0.29) is 11.3 Å². The molecule has 0 amide bonds. The molecule has 0 saturated heterocycles. The second-order valence-corrected chi connectivity index (χ2v) is 6.34. The van der Waals surface area contributed by atoms with Crippen LogP contribution < -0.4 is 5.73 Å². The zero-order chi connectivity index (χ0) is 18.5. The van der Waals surface area contributed by atoms with Gasteiger partial charge in [0.2, 0.25) is 0 Å². The Morgan fingerprint density at radius 1 is 1.04 bits per heavy atom.